The number of phosphoric acid groups is 1. The molecule has 2 unspecified atom stereocenters. The summed E-state index contributed by atoms with van der Waals surface area (Å²) in [6.07, 6.45) is 64.9. The number of nitrogens with zero attached hydrogens (tertiary/aromatic N) is 1. The van der Waals surface area contributed by atoms with Gasteiger partial charge in [0.2, 0.25) is 0 Å². The van der Waals surface area contributed by atoms with Crippen LogP contribution in [0.25, 0.3) is 0 Å². The van der Waals surface area contributed by atoms with E-state index in [0.717, 1.165) is 83.5 Å². The summed E-state index contributed by atoms with van der Waals surface area (Å²) < 4.78 is 34.5. The Morgan fingerprint density at radius 2 is 0.838 bits per heavy atom. The third-order valence-electron chi connectivity index (χ3n) is 11.4. The quantitative estimate of drug-likeness (QED) is 0.0211. The monoisotopic (exact) mass is 973 g/mol. The van der Waals surface area contributed by atoms with Crippen molar-refractivity contribution in [2.45, 2.75) is 225 Å². The van der Waals surface area contributed by atoms with Gasteiger partial charge in [-0.2, -0.15) is 0 Å². The van der Waals surface area contributed by atoms with Crippen molar-refractivity contribution in [3.8, 4) is 0 Å². The van der Waals surface area contributed by atoms with E-state index in [0.29, 0.717) is 17.4 Å². The second kappa shape index (κ2) is 49.2. The molecule has 10 heteroatoms. The predicted molar refractivity (Wildman–Crippen MR) is 289 cm³/mol. The molecular formula is C58H103NO8P+. The number of hydrogen-bond acceptors (Lipinski definition) is 7. The van der Waals surface area contributed by atoms with E-state index in [2.05, 4.69) is 98.9 Å². The Labute approximate surface area is 418 Å². The van der Waals surface area contributed by atoms with Crippen molar-refractivity contribution in [1.29, 1.82) is 0 Å². The average molecular weight is 973 g/mol. The zero-order chi connectivity index (χ0) is 49.9. The Balaban J connectivity index is 4.24. The second-order valence-electron chi connectivity index (χ2n) is 19.2. The molecule has 0 fully saturated rings. The van der Waals surface area contributed by atoms with E-state index in [1.165, 1.54) is 103 Å². The Kier molecular flexibility index (Phi) is 47.2. The Hall–Kier alpha value is -2.81. The standard InChI is InChI=1S/C58H102NO8P/c1-6-8-10-12-14-16-18-20-22-24-26-27-28-29-30-31-33-35-37-39-41-43-45-47-49-51-58(61)67-56(55-66-68(62,63)65-53-52-59(3,4)5)54-64-57(60)50-48-46-44-42-40-38-36-34-32-25-23-21-19-17-15-13-11-9-7-2/h8,10,14-17,20-23,26-27,29-30,56H,6-7,9,11-13,18-19,24-25,28,31-55H2,1-5H3/p+1/b10-8-,16-14-,17-15-,22-20-,23-21-,27-26-,30-29-. The molecule has 0 aromatic carbocycles. The molecule has 0 saturated heterocycles. The highest BCUT2D eigenvalue weighted by Gasteiger charge is 2.27. The zero-order valence-electron chi connectivity index (χ0n) is 44.3. The third-order valence-corrected chi connectivity index (χ3v) is 12.4. The van der Waals surface area contributed by atoms with Crippen LogP contribution in [0, 0.1) is 0 Å². The first-order chi connectivity index (χ1) is 33.0. The number of quaternary nitrogens is 1. The van der Waals surface area contributed by atoms with Gasteiger partial charge in [-0.1, -0.05) is 202 Å². The lowest BCUT2D eigenvalue weighted by Crippen LogP contribution is -2.37. The molecule has 0 rings (SSSR count). The van der Waals surface area contributed by atoms with Crippen LogP contribution in [0.5, 0.6) is 0 Å². The number of rotatable bonds is 49. The summed E-state index contributed by atoms with van der Waals surface area (Å²) in [7, 11) is 1.46. The molecule has 68 heavy (non-hydrogen) atoms. The minimum Gasteiger partial charge on any atom is -0.462 e. The largest absolute Gasteiger partial charge is 0.472 e. The smallest absolute Gasteiger partial charge is 0.462 e. The molecule has 0 saturated carbocycles. The lowest BCUT2D eigenvalue weighted by Gasteiger charge is -2.24. The Morgan fingerprint density at radius 3 is 1.25 bits per heavy atom. The molecule has 0 heterocycles. The molecule has 9 nitrogen and oxygen atoms in total. The average Bonchev–Trinajstić information content (AvgIpc) is 3.30. The minimum atomic E-state index is -4.39. The molecule has 0 aliphatic heterocycles. The molecule has 0 aromatic rings. The molecule has 0 bridgehead atoms. The first-order valence-electron chi connectivity index (χ1n) is 27.3. The fourth-order valence-corrected chi connectivity index (χ4v) is 7.93. The van der Waals surface area contributed by atoms with Gasteiger partial charge < -0.3 is 18.9 Å². The van der Waals surface area contributed by atoms with E-state index in [1.807, 2.05) is 21.1 Å². The summed E-state index contributed by atoms with van der Waals surface area (Å²) in [4.78, 5) is 35.6. The lowest BCUT2D eigenvalue weighted by atomic mass is 10.1. The van der Waals surface area contributed by atoms with Crippen molar-refractivity contribution >= 4 is 19.8 Å². The Morgan fingerprint density at radius 1 is 0.471 bits per heavy atom. The van der Waals surface area contributed by atoms with Gasteiger partial charge in [-0.25, -0.2) is 4.57 Å². The van der Waals surface area contributed by atoms with Gasteiger partial charge in [-0.3, -0.25) is 18.6 Å². The number of esters is 2. The maximum atomic E-state index is 12.8. The molecule has 2 atom stereocenters. The van der Waals surface area contributed by atoms with Gasteiger partial charge in [-0.15, -0.1) is 0 Å². The second-order valence-corrected chi connectivity index (χ2v) is 20.7. The maximum Gasteiger partial charge on any atom is 0.472 e. The van der Waals surface area contributed by atoms with Crippen LogP contribution in [-0.2, 0) is 32.7 Å². The van der Waals surface area contributed by atoms with Crippen molar-refractivity contribution < 1.29 is 42.1 Å². The molecule has 0 aromatic heterocycles. The van der Waals surface area contributed by atoms with Crippen LogP contribution >= 0.6 is 7.82 Å². The SMILES string of the molecule is CC/C=C\C/C=C\C/C=C\C/C=C\C/C=C\CCCCCCCCCCCC(=O)OC(COC(=O)CCCCCCCCCCC/C=C\C/C=C\CCCCC)COP(=O)(O)OCC[N+](C)(C)C. The molecule has 0 radical (unpaired) electrons. The van der Waals surface area contributed by atoms with Gasteiger partial charge in [0, 0.05) is 12.8 Å². The van der Waals surface area contributed by atoms with Crippen LogP contribution in [0.4, 0.5) is 0 Å². The van der Waals surface area contributed by atoms with Crippen LogP contribution in [0.2, 0.25) is 0 Å². The number of allylic oxidation sites excluding steroid dienone is 14. The summed E-state index contributed by atoms with van der Waals surface area (Å²) in [5.41, 5.74) is 0. The van der Waals surface area contributed by atoms with Gasteiger partial charge >= 0.3 is 19.8 Å². The van der Waals surface area contributed by atoms with E-state index in [4.69, 9.17) is 18.5 Å². The van der Waals surface area contributed by atoms with Crippen molar-refractivity contribution in [3.63, 3.8) is 0 Å². The van der Waals surface area contributed by atoms with Crippen molar-refractivity contribution in [2.24, 2.45) is 0 Å². The van der Waals surface area contributed by atoms with Gasteiger partial charge in [0.15, 0.2) is 6.10 Å². The molecule has 0 aliphatic rings. The molecule has 1 N–H and O–H groups in total. The number of carbonyl (C=O) groups excluding carboxylic acids is 2. The van der Waals surface area contributed by atoms with Gasteiger partial charge in [-0.05, 0) is 89.9 Å². The highest BCUT2D eigenvalue weighted by Crippen LogP contribution is 2.43. The van der Waals surface area contributed by atoms with Crippen LogP contribution in [0.3, 0.4) is 0 Å². The van der Waals surface area contributed by atoms with Gasteiger partial charge in [0.05, 0.1) is 27.7 Å². The number of carbonyl (C=O) groups is 2. The number of ether oxygens (including phenoxy) is 2. The van der Waals surface area contributed by atoms with E-state index in [1.54, 1.807) is 0 Å². The Bertz CT molecular complexity index is 1420. The summed E-state index contributed by atoms with van der Waals surface area (Å²) in [6, 6.07) is 0. The number of unbranched alkanes of at least 4 members (excludes halogenated alkanes) is 21. The van der Waals surface area contributed by atoms with Crippen molar-refractivity contribution in [3.05, 3.63) is 85.1 Å². The number of likely N-dealkylation sites (N-methyl/N-ethyl adjacent to an activating group) is 1. The highest BCUT2D eigenvalue weighted by atomic mass is 31.2. The van der Waals surface area contributed by atoms with Gasteiger partial charge in [0.1, 0.15) is 19.8 Å². The zero-order valence-corrected chi connectivity index (χ0v) is 45.2. The minimum absolute atomic E-state index is 0.0259. The van der Waals surface area contributed by atoms with E-state index in [9.17, 15) is 19.0 Å². The fraction of sp³-hybridized carbons (Fsp3) is 0.724. The predicted octanol–water partition coefficient (Wildman–Crippen LogP) is 16.7. The molecule has 392 valence electrons. The molecule has 0 aliphatic carbocycles. The number of hydrogen-bond donors (Lipinski definition) is 1. The topological polar surface area (TPSA) is 108 Å². The summed E-state index contributed by atoms with van der Waals surface area (Å²) >= 11 is 0. The normalized spacial score (nSPS) is 14.0. The molecular weight excluding hydrogens is 870 g/mol. The van der Waals surface area contributed by atoms with Gasteiger partial charge in [0.25, 0.3) is 0 Å². The molecule has 0 spiro atoms. The summed E-state index contributed by atoms with van der Waals surface area (Å²) in [5, 5.41) is 0. The van der Waals surface area contributed by atoms with Crippen LogP contribution in [0.1, 0.15) is 219 Å². The van der Waals surface area contributed by atoms with Crippen molar-refractivity contribution in [2.75, 3.05) is 47.5 Å². The van der Waals surface area contributed by atoms with Crippen LogP contribution in [0.15, 0.2) is 85.1 Å². The van der Waals surface area contributed by atoms with E-state index >= 15 is 0 Å². The van der Waals surface area contributed by atoms with Crippen LogP contribution < -0.4 is 0 Å². The highest BCUT2D eigenvalue weighted by molar-refractivity contribution is 7.47. The van der Waals surface area contributed by atoms with Crippen molar-refractivity contribution in [1.82, 2.24) is 0 Å². The summed E-state index contributed by atoms with van der Waals surface area (Å²) in [6.45, 7) is 4.28. The molecule has 0 amide bonds. The van der Waals surface area contributed by atoms with E-state index < -0.39 is 26.5 Å². The summed E-state index contributed by atoms with van der Waals surface area (Å²) in [5.74, 6) is -0.811. The third kappa shape index (κ3) is 52.6. The van der Waals surface area contributed by atoms with E-state index in [-0.39, 0.29) is 32.0 Å². The maximum absolute atomic E-state index is 12.8. The fourth-order valence-electron chi connectivity index (χ4n) is 7.19. The number of phosphoric ester groups is 1. The first-order valence-corrected chi connectivity index (χ1v) is 28.8. The lowest BCUT2D eigenvalue weighted by molar-refractivity contribution is -0.870. The van der Waals surface area contributed by atoms with Crippen LogP contribution in [-0.4, -0.2) is 74.9 Å². The first kappa shape index (κ1) is 65.2.